The molecule has 0 bridgehead atoms. The third-order valence-electron chi connectivity index (χ3n) is 4.10. The van der Waals surface area contributed by atoms with Gasteiger partial charge < -0.3 is 15.6 Å². The number of aryl methyl sites for hydroxylation is 2. The number of nitrogens with two attached hydrogens (primary N) is 1. The van der Waals surface area contributed by atoms with Gasteiger partial charge in [-0.15, -0.1) is 0 Å². The molecule has 23 heavy (non-hydrogen) atoms. The summed E-state index contributed by atoms with van der Waals surface area (Å²) in [5.41, 5.74) is 9.25. The molecule has 3 N–H and O–H groups in total. The Morgan fingerprint density at radius 1 is 1.09 bits per heavy atom. The molecule has 0 aliphatic heterocycles. The van der Waals surface area contributed by atoms with Crippen LogP contribution < -0.4 is 10.5 Å². The fourth-order valence-corrected chi connectivity index (χ4v) is 2.72. The van der Waals surface area contributed by atoms with Crippen LogP contribution in [-0.2, 0) is 0 Å². The van der Waals surface area contributed by atoms with Crippen LogP contribution in [0.3, 0.4) is 0 Å². The minimum atomic E-state index is 0.0939. The number of rotatable bonds is 7. The van der Waals surface area contributed by atoms with Crippen LogP contribution >= 0.6 is 0 Å². The van der Waals surface area contributed by atoms with Crippen LogP contribution in [0.15, 0.2) is 42.5 Å². The molecule has 0 saturated carbocycles. The summed E-state index contributed by atoms with van der Waals surface area (Å²) in [5.74, 6) is 1.72. The van der Waals surface area contributed by atoms with Gasteiger partial charge in [-0.3, -0.25) is 4.90 Å². The summed E-state index contributed by atoms with van der Waals surface area (Å²) in [5, 5.41) is 9.09. The molecule has 0 radical (unpaired) electrons. The molecule has 2 aromatic carbocycles. The first-order valence-electron chi connectivity index (χ1n) is 7.92. The number of hydrogen-bond acceptors (Lipinski definition) is 4. The third-order valence-corrected chi connectivity index (χ3v) is 4.10. The van der Waals surface area contributed by atoms with Gasteiger partial charge in [0.05, 0.1) is 6.61 Å². The monoisotopic (exact) mass is 314 g/mol. The SMILES string of the molecule is Cc1cccc(C)c1Oc1ccc(C(CN)N(C)CCO)cc1. The molecule has 0 fully saturated rings. The third kappa shape index (κ3) is 4.32. The number of benzene rings is 2. The molecule has 0 aliphatic rings. The van der Waals surface area contributed by atoms with Gasteiger partial charge in [0, 0.05) is 19.1 Å². The fraction of sp³-hybridized carbons (Fsp3) is 0.368. The highest BCUT2D eigenvalue weighted by Gasteiger charge is 2.15. The highest BCUT2D eigenvalue weighted by molar-refractivity contribution is 5.43. The van der Waals surface area contributed by atoms with Crippen LogP contribution in [0.1, 0.15) is 22.7 Å². The van der Waals surface area contributed by atoms with Gasteiger partial charge in [0.1, 0.15) is 11.5 Å². The van der Waals surface area contributed by atoms with Crippen LogP contribution in [-0.4, -0.2) is 36.8 Å². The Balaban J connectivity index is 2.16. The first kappa shape index (κ1) is 17.5. The smallest absolute Gasteiger partial charge is 0.133 e. The number of ether oxygens (including phenoxy) is 1. The van der Waals surface area contributed by atoms with E-state index in [1.165, 1.54) is 0 Å². The van der Waals surface area contributed by atoms with E-state index < -0.39 is 0 Å². The fourth-order valence-electron chi connectivity index (χ4n) is 2.72. The maximum absolute atomic E-state index is 9.09. The zero-order valence-electron chi connectivity index (χ0n) is 14.1. The van der Waals surface area contributed by atoms with Crippen molar-refractivity contribution in [1.29, 1.82) is 0 Å². The molecule has 2 aromatic rings. The Bertz CT molecular complexity index is 606. The lowest BCUT2D eigenvalue weighted by molar-refractivity contribution is 0.183. The predicted molar refractivity (Wildman–Crippen MR) is 93.9 cm³/mol. The quantitative estimate of drug-likeness (QED) is 0.825. The van der Waals surface area contributed by atoms with Crippen LogP contribution in [0.4, 0.5) is 0 Å². The molecule has 4 nitrogen and oxygen atoms in total. The van der Waals surface area contributed by atoms with Crippen LogP contribution in [0.25, 0.3) is 0 Å². The lowest BCUT2D eigenvalue weighted by atomic mass is 10.1. The number of likely N-dealkylation sites (N-methyl/N-ethyl adjacent to an activating group) is 1. The van der Waals surface area contributed by atoms with Crippen molar-refractivity contribution in [2.24, 2.45) is 5.73 Å². The van der Waals surface area contributed by atoms with Crippen molar-refractivity contribution in [1.82, 2.24) is 4.90 Å². The van der Waals surface area contributed by atoms with Gasteiger partial charge in [0.2, 0.25) is 0 Å². The summed E-state index contributed by atoms with van der Waals surface area (Å²) in [4.78, 5) is 2.06. The lowest BCUT2D eigenvalue weighted by Crippen LogP contribution is -2.32. The van der Waals surface area contributed by atoms with Gasteiger partial charge >= 0.3 is 0 Å². The van der Waals surface area contributed by atoms with Gasteiger partial charge in [-0.1, -0.05) is 30.3 Å². The number of para-hydroxylation sites is 1. The number of aliphatic hydroxyl groups excluding tert-OH is 1. The zero-order chi connectivity index (χ0) is 16.8. The van der Waals surface area contributed by atoms with Gasteiger partial charge in [0.25, 0.3) is 0 Å². The topological polar surface area (TPSA) is 58.7 Å². The molecule has 0 aromatic heterocycles. The van der Waals surface area contributed by atoms with Gasteiger partial charge in [-0.2, -0.15) is 0 Å². The van der Waals surface area contributed by atoms with E-state index in [0.29, 0.717) is 13.1 Å². The molecule has 1 atom stereocenters. The van der Waals surface area contributed by atoms with E-state index >= 15 is 0 Å². The Morgan fingerprint density at radius 3 is 2.22 bits per heavy atom. The van der Waals surface area contributed by atoms with Crippen molar-refractivity contribution < 1.29 is 9.84 Å². The highest BCUT2D eigenvalue weighted by Crippen LogP contribution is 2.29. The predicted octanol–water partition coefficient (Wildman–Crippen LogP) is 3.02. The summed E-state index contributed by atoms with van der Waals surface area (Å²) in [7, 11) is 1.97. The average molecular weight is 314 g/mol. The van der Waals surface area contributed by atoms with Gasteiger partial charge in [0.15, 0.2) is 0 Å². The molecule has 2 rings (SSSR count). The average Bonchev–Trinajstić information content (AvgIpc) is 2.53. The van der Waals surface area contributed by atoms with E-state index in [-0.39, 0.29) is 12.6 Å². The number of nitrogens with zero attached hydrogens (tertiary/aromatic N) is 1. The molecular weight excluding hydrogens is 288 g/mol. The van der Waals surface area contributed by atoms with Crippen molar-refractivity contribution in [3.63, 3.8) is 0 Å². The summed E-state index contributed by atoms with van der Waals surface area (Å²) < 4.78 is 6.03. The summed E-state index contributed by atoms with van der Waals surface area (Å²) >= 11 is 0. The highest BCUT2D eigenvalue weighted by atomic mass is 16.5. The Labute approximate surface area is 138 Å². The molecular formula is C19H26N2O2. The normalized spacial score (nSPS) is 12.4. The molecule has 0 aliphatic carbocycles. The summed E-state index contributed by atoms with van der Waals surface area (Å²) in [6.45, 7) is 5.33. The molecule has 0 heterocycles. The standard InChI is InChI=1S/C19H26N2O2/c1-14-5-4-6-15(2)19(14)23-17-9-7-16(8-10-17)18(13-20)21(3)11-12-22/h4-10,18,22H,11-13,20H2,1-3H3. The van der Waals surface area contributed by atoms with E-state index in [9.17, 15) is 0 Å². The second-order valence-electron chi connectivity index (χ2n) is 5.85. The largest absolute Gasteiger partial charge is 0.457 e. The first-order valence-corrected chi connectivity index (χ1v) is 7.92. The van der Waals surface area contributed by atoms with Crippen molar-refractivity contribution in [3.8, 4) is 11.5 Å². The molecule has 1 unspecified atom stereocenters. The van der Waals surface area contributed by atoms with Crippen molar-refractivity contribution >= 4 is 0 Å². The molecule has 4 heteroatoms. The molecule has 0 amide bonds. The van der Waals surface area contributed by atoms with Crippen LogP contribution in [0.2, 0.25) is 0 Å². The molecule has 0 saturated heterocycles. The Kier molecular flexibility index (Phi) is 6.16. The van der Waals surface area contributed by atoms with Crippen LogP contribution in [0.5, 0.6) is 11.5 Å². The Hall–Kier alpha value is -1.88. The molecule has 124 valence electrons. The Morgan fingerprint density at radius 2 is 1.70 bits per heavy atom. The maximum Gasteiger partial charge on any atom is 0.133 e. The zero-order valence-corrected chi connectivity index (χ0v) is 14.1. The van der Waals surface area contributed by atoms with Crippen molar-refractivity contribution in [3.05, 3.63) is 59.2 Å². The van der Waals surface area contributed by atoms with Crippen molar-refractivity contribution in [2.75, 3.05) is 26.7 Å². The van der Waals surface area contributed by atoms with E-state index in [1.54, 1.807) is 0 Å². The maximum atomic E-state index is 9.09. The second-order valence-corrected chi connectivity index (χ2v) is 5.85. The first-order chi connectivity index (χ1) is 11.1. The second kappa shape index (κ2) is 8.11. The van der Waals surface area contributed by atoms with Gasteiger partial charge in [-0.25, -0.2) is 0 Å². The molecule has 0 spiro atoms. The van der Waals surface area contributed by atoms with Crippen molar-refractivity contribution in [2.45, 2.75) is 19.9 Å². The minimum Gasteiger partial charge on any atom is -0.457 e. The lowest BCUT2D eigenvalue weighted by Gasteiger charge is -2.26. The minimum absolute atomic E-state index is 0.0939. The number of hydrogen-bond donors (Lipinski definition) is 2. The summed E-state index contributed by atoms with van der Waals surface area (Å²) in [6.07, 6.45) is 0. The summed E-state index contributed by atoms with van der Waals surface area (Å²) in [6, 6.07) is 14.2. The van der Waals surface area contributed by atoms with Crippen LogP contribution in [0, 0.1) is 13.8 Å². The van der Waals surface area contributed by atoms with E-state index in [0.717, 1.165) is 28.2 Å². The van der Waals surface area contributed by atoms with E-state index in [4.69, 9.17) is 15.6 Å². The van der Waals surface area contributed by atoms with Gasteiger partial charge in [-0.05, 0) is 49.7 Å². The van der Waals surface area contributed by atoms with E-state index in [2.05, 4.69) is 4.90 Å². The van der Waals surface area contributed by atoms with E-state index in [1.807, 2.05) is 63.4 Å². The number of aliphatic hydroxyl groups is 1.